The van der Waals surface area contributed by atoms with Crippen LogP contribution in [-0.2, 0) is 18.3 Å². The van der Waals surface area contributed by atoms with Crippen molar-refractivity contribution in [2.24, 2.45) is 0 Å². The molecule has 0 aromatic carbocycles. The maximum Gasteiger partial charge on any atom is 0.323 e. The van der Waals surface area contributed by atoms with Crippen molar-refractivity contribution in [3.8, 4) is 0 Å². The van der Waals surface area contributed by atoms with E-state index in [2.05, 4.69) is 11.9 Å². The largest absolute Gasteiger partial charge is 0.400 e. The number of hydrogen-bond donors (Lipinski definition) is 2. The van der Waals surface area contributed by atoms with Crippen molar-refractivity contribution in [1.82, 2.24) is 5.32 Å². The number of rotatable bonds is 13. The van der Waals surface area contributed by atoms with Gasteiger partial charge in [-0.05, 0) is 12.5 Å². The lowest BCUT2D eigenvalue weighted by atomic mass is 10.3. The summed E-state index contributed by atoms with van der Waals surface area (Å²) >= 11 is 0. The van der Waals surface area contributed by atoms with Crippen molar-refractivity contribution in [1.29, 1.82) is 0 Å². The molecular formula is C12H27NO5Si. The molecule has 0 saturated carbocycles. The molecule has 0 aromatic heterocycles. The summed E-state index contributed by atoms with van der Waals surface area (Å²) < 4.78 is 21.1. The van der Waals surface area contributed by atoms with Gasteiger partial charge in [0, 0.05) is 33.4 Å². The summed E-state index contributed by atoms with van der Waals surface area (Å²) in [5, 5.41) is 12.3. The molecule has 114 valence electrons. The average molecular weight is 293 g/mol. The topological polar surface area (TPSA) is 69.2 Å². The Morgan fingerprint density at radius 2 is 1.74 bits per heavy atom. The molecule has 0 saturated heterocycles. The first kappa shape index (κ1) is 18.7. The van der Waals surface area contributed by atoms with Gasteiger partial charge in [0.2, 0.25) is 0 Å². The van der Waals surface area contributed by atoms with Crippen molar-refractivity contribution in [3.05, 3.63) is 12.2 Å². The van der Waals surface area contributed by atoms with E-state index in [0.29, 0.717) is 38.5 Å². The SMILES string of the molecule is C=C(C)C(O)NCCOCCOCC[SiH](OC)OC. The Morgan fingerprint density at radius 3 is 2.26 bits per heavy atom. The van der Waals surface area contributed by atoms with Crippen LogP contribution < -0.4 is 5.32 Å². The summed E-state index contributed by atoms with van der Waals surface area (Å²) in [5.41, 5.74) is 0.693. The lowest BCUT2D eigenvalue weighted by Crippen LogP contribution is -2.32. The second-order valence-corrected chi connectivity index (χ2v) is 6.50. The predicted octanol–water partition coefficient (Wildman–Crippen LogP) is 0.0170. The fourth-order valence-electron chi connectivity index (χ4n) is 1.28. The smallest absolute Gasteiger partial charge is 0.323 e. The van der Waals surface area contributed by atoms with E-state index in [1.807, 2.05) is 0 Å². The number of ether oxygens (including phenoxy) is 2. The molecule has 7 heteroatoms. The lowest BCUT2D eigenvalue weighted by Gasteiger charge is -2.13. The number of nitrogens with one attached hydrogen (secondary N) is 1. The zero-order chi connectivity index (χ0) is 14.5. The summed E-state index contributed by atoms with van der Waals surface area (Å²) in [6.45, 7) is 8.24. The van der Waals surface area contributed by atoms with Crippen LogP contribution in [-0.4, -0.2) is 67.8 Å². The lowest BCUT2D eigenvalue weighted by molar-refractivity contribution is 0.0478. The molecule has 0 radical (unpaired) electrons. The maximum absolute atomic E-state index is 9.39. The molecule has 0 rings (SSSR count). The van der Waals surface area contributed by atoms with E-state index >= 15 is 0 Å². The highest BCUT2D eigenvalue weighted by Crippen LogP contribution is 1.95. The van der Waals surface area contributed by atoms with E-state index < -0.39 is 15.5 Å². The maximum atomic E-state index is 9.39. The van der Waals surface area contributed by atoms with Crippen LogP contribution in [0.2, 0.25) is 6.04 Å². The molecule has 0 fully saturated rings. The normalized spacial score (nSPS) is 12.9. The standard InChI is InChI=1S/C12H27NO5Si/c1-11(2)12(14)13-5-6-17-7-8-18-9-10-19(15-3)16-4/h12-14,19H,1,5-10H2,2-4H3. The first-order chi connectivity index (χ1) is 9.11. The van der Waals surface area contributed by atoms with E-state index in [1.165, 1.54) is 0 Å². The van der Waals surface area contributed by atoms with Crippen molar-refractivity contribution < 1.29 is 23.4 Å². The third-order valence-corrected chi connectivity index (χ3v) is 4.21. The van der Waals surface area contributed by atoms with E-state index in [4.69, 9.17) is 18.3 Å². The molecule has 1 atom stereocenters. The van der Waals surface area contributed by atoms with Crippen LogP contribution in [0.5, 0.6) is 0 Å². The van der Waals surface area contributed by atoms with Gasteiger partial charge in [-0.3, -0.25) is 5.32 Å². The predicted molar refractivity (Wildman–Crippen MR) is 76.4 cm³/mol. The Bertz CT molecular complexity index is 226. The van der Waals surface area contributed by atoms with E-state index in [0.717, 1.165) is 6.04 Å². The van der Waals surface area contributed by atoms with Crippen molar-refractivity contribution >= 4 is 9.28 Å². The van der Waals surface area contributed by atoms with E-state index in [1.54, 1.807) is 21.1 Å². The van der Waals surface area contributed by atoms with Crippen LogP contribution in [0, 0.1) is 0 Å². The molecule has 6 nitrogen and oxygen atoms in total. The van der Waals surface area contributed by atoms with Gasteiger partial charge in [-0.1, -0.05) is 6.58 Å². The third kappa shape index (κ3) is 11.3. The van der Waals surface area contributed by atoms with Crippen LogP contribution in [0.1, 0.15) is 6.92 Å². The molecule has 0 spiro atoms. The van der Waals surface area contributed by atoms with Crippen molar-refractivity contribution in [3.63, 3.8) is 0 Å². The minimum absolute atomic E-state index is 0.529. The Labute approximate surface area is 117 Å². The molecule has 2 N–H and O–H groups in total. The third-order valence-electron chi connectivity index (χ3n) is 2.45. The Hall–Kier alpha value is -0.283. The second kappa shape index (κ2) is 12.7. The average Bonchev–Trinajstić information content (AvgIpc) is 2.40. The van der Waals surface area contributed by atoms with Crippen molar-refractivity contribution in [2.45, 2.75) is 19.2 Å². The molecular weight excluding hydrogens is 266 g/mol. The van der Waals surface area contributed by atoms with Gasteiger partial charge in [0.25, 0.3) is 0 Å². The summed E-state index contributed by atoms with van der Waals surface area (Å²) in [6, 6.07) is 0.833. The molecule has 0 amide bonds. The second-order valence-electron chi connectivity index (χ2n) is 4.12. The van der Waals surface area contributed by atoms with Crippen molar-refractivity contribution in [2.75, 3.05) is 47.2 Å². The highest BCUT2D eigenvalue weighted by molar-refractivity contribution is 6.44. The quantitative estimate of drug-likeness (QED) is 0.216. The van der Waals surface area contributed by atoms with Crippen LogP contribution in [0.3, 0.4) is 0 Å². The van der Waals surface area contributed by atoms with Gasteiger partial charge in [-0.15, -0.1) is 0 Å². The molecule has 19 heavy (non-hydrogen) atoms. The summed E-state index contributed by atoms with van der Waals surface area (Å²) in [7, 11) is 1.83. The van der Waals surface area contributed by atoms with Crippen LogP contribution in [0.4, 0.5) is 0 Å². The van der Waals surface area contributed by atoms with Gasteiger partial charge >= 0.3 is 9.28 Å². The molecule has 0 heterocycles. The highest BCUT2D eigenvalue weighted by atomic mass is 28.3. The summed E-state index contributed by atoms with van der Waals surface area (Å²) in [4.78, 5) is 0. The van der Waals surface area contributed by atoms with E-state index in [-0.39, 0.29) is 0 Å². The Balaban J connectivity index is 3.21. The first-order valence-electron chi connectivity index (χ1n) is 6.39. The molecule has 0 aliphatic rings. The number of aliphatic hydroxyl groups is 1. The van der Waals surface area contributed by atoms with Crippen LogP contribution >= 0.6 is 0 Å². The van der Waals surface area contributed by atoms with Gasteiger partial charge in [0.15, 0.2) is 0 Å². The minimum Gasteiger partial charge on any atom is -0.400 e. The first-order valence-corrected chi connectivity index (χ1v) is 8.15. The van der Waals surface area contributed by atoms with Crippen LogP contribution in [0.25, 0.3) is 0 Å². The van der Waals surface area contributed by atoms with Gasteiger partial charge in [0.05, 0.1) is 19.8 Å². The van der Waals surface area contributed by atoms with E-state index in [9.17, 15) is 5.11 Å². The molecule has 0 aliphatic carbocycles. The zero-order valence-electron chi connectivity index (χ0n) is 12.2. The number of hydrogen-bond acceptors (Lipinski definition) is 6. The molecule has 1 unspecified atom stereocenters. The highest BCUT2D eigenvalue weighted by Gasteiger charge is 2.08. The summed E-state index contributed by atoms with van der Waals surface area (Å²) in [5.74, 6) is 0. The Morgan fingerprint density at radius 1 is 1.16 bits per heavy atom. The van der Waals surface area contributed by atoms with Gasteiger partial charge in [-0.25, -0.2) is 0 Å². The molecule has 0 aliphatic heterocycles. The zero-order valence-corrected chi connectivity index (χ0v) is 13.3. The fraction of sp³-hybridized carbons (Fsp3) is 0.833. The fourth-order valence-corrected chi connectivity index (χ4v) is 2.30. The van der Waals surface area contributed by atoms with Gasteiger partial charge in [-0.2, -0.15) is 0 Å². The molecule has 0 bridgehead atoms. The molecule has 0 aromatic rings. The summed E-state index contributed by atoms with van der Waals surface area (Å²) in [6.07, 6.45) is -0.662. The van der Waals surface area contributed by atoms with Gasteiger partial charge in [0.1, 0.15) is 6.23 Å². The monoisotopic (exact) mass is 293 g/mol. The minimum atomic E-state index is -1.50. The van der Waals surface area contributed by atoms with Crippen LogP contribution in [0.15, 0.2) is 12.2 Å². The Kier molecular flexibility index (Phi) is 12.5. The van der Waals surface area contributed by atoms with Gasteiger partial charge < -0.3 is 23.4 Å². The number of aliphatic hydroxyl groups excluding tert-OH is 1.